The molecule has 1 atom stereocenters. The van der Waals surface area contributed by atoms with Crippen LogP contribution in [-0.4, -0.2) is 42.8 Å². The molecule has 5 heteroatoms. The quantitative estimate of drug-likeness (QED) is 0.714. The predicted molar refractivity (Wildman–Crippen MR) is 64.6 cm³/mol. The summed E-state index contributed by atoms with van der Waals surface area (Å²) in [4.78, 5) is 24.7. The molecule has 5 nitrogen and oxygen atoms in total. The molecule has 0 saturated carbocycles. The number of hydrogen-bond acceptors (Lipinski definition) is 4. The molecule has 100 valence electrons. The van der Waals surface area contributed by atoms with Crippen LogP contribution in [-0.2, 0) is 14.3 Å². The second-order valence-corrected chi connectivity index (χ2v) is 5.30. The normalized spacial score (nSPS) is 13.2. The maximum Gasteiger partial charge on any atom is 0.410 e. The molecule has 0 aliphatic heterocycles. The summed E-state index contributed by atoms with van der Waals surface area (Å²) in [6.07, 6.45) is -0.526. The molecular formula is C12H23NO4. The van der Waals surface area contributed by atoms with Crippen molar-refractivity contribution >= 4 is 12.1 Å². The largest absolute Gasteiger partial charge is 0.467 e. The van der Waals surface area contributed by atoms with Crippen LogP contribution in [0.4, 0.5) is 4.79 Å². The third kappa shape index (κ3) is 5.06. The van der Waals surface area contributed by atoms with Gasteiger partial charge in [0.05, 0.1) is 7.11 Å². The maximum atomic E-state index is 11.8. The second-order valence-electron chi connectivity index (χ2n) is 5.30. The lowest BCUT2D eigenvalue weighted by atomic mass is 10.0. The van der Waals surface area contributed by atoms with Gasteiger partial charge in [0.2, 0.25) is 0 Å². The van der Waals surface area contributed by atoms with E-state index < -0.39 is 23.7 Å². The number of amides is 1. The number of carbonyl (C=O) groups is 2. The molecule has 0 aromatic rings. The van der Waals surface area contributed by atoms with E-state index in [0.717, 1.165) is 0 Å². The van der Waals surface area contributed by atoms with Crippen molar-refractivity contribution in [3.8, 4) is 0 Å². The molecule has 17 heavy (non-hydrogen) atoms. The molecule has 0 saturated heterocycles. The van der Waals surface area contributed by atoms with Crippen LogP contribution in [0, 0.1) is 5.92 Å². The lowest BCUT2D eigenvalue weighted by Crippen LogP contribution is -2.48. The van der Waals surface area contributed by atoms with Gasteiger partial charge in [0.1, 0.15) is 11.6 Å². The molecule has 0 aromatic carbocycles. The first-order chi connectivity index (χ1) is 7.60. The number of carbonyl (C=O) groups excluding carboxylic acids is 2. The summed E-state index contributed by atoms with van der Waals surface area (Å²) >= 11 is 0. The minimum atomic E-state index is -0.630. The topological polar surface area (TPSA) is 55.8 Å². The molecule has 0 fully saturated rings. The average molecular weight is 245 g/mol. The molecule has 0 aliphatic carbocycles. The van der Waals surface area contributed by atoms with Gasteiger partial charge in [-0.2, -0.15) is 0 Å². The molecular weight excluding hydrogens is 222 g/mol. The fraction of sp³-hybridized carbons (Fsp3) is 0.833. The standard InChI is InChI=1S/C12H23NO4/c1-8(2)9(10(14)16-7)13(6)11(15)17-12(3,4)5/h8-9H,1-7H3/t9-/m1/s1. The molecule has 0 radical (unpaired) electrons. The van der Waals surface area contributed by atoms with Gasteiger partial charge in [0.15, 0.2) is 0 Å². The third-order valence-corrected chi connectivity index (χ3v) is 2.17. The third-order valence-electron chi connectivity index (χ3n) is 2.17. The Morgan fingerprint density at radius 3 is 1.94 bits per heavy atom. The lowest BCUT2D eigenvalue weighted by Gasteiger charge is -2.31. The van der Waals surface area contributed by atoms with Crippen molar-refractivity contribution in [1.82, 2.24) is 4.90 Å². The van der Waals surface area contributed by atoms with Gasteiger partial charge in [-0.25, -0.2) is 9.59 Å². The van der Waals surface area contributed by atoms with E-state index in [1.807, 2.05) is 13.8 Å². The van der Waals surface area contributed by atoms with E-state index in [4.69, 9.17) is 4.74 Å². The number of ether oxygens (including phenoxy) is 2. The van der Waals surface area contributed by atoms with Crippen LogP contribution in [0.15, 0.2) is 0 Å². The Morgan fingerprint density at radius 2 is 1.65 bits per heavy atom. The fourth-order valence-corrected chi connectivity index (χ4v) is 1.45. The van der Waals surface area contributed by atoms with Crippen molar-refractivity contribution in [1.29, 1.82) is 0 Å². The van der Waals surface area contributed by atoms with Gasteiger partial charge < -0.3 is 9.47 Å². The van der Waals surface area contributed by atoms with E-state index in [9.17, 15) is 9.59 Å². The predicted octanol–water partition coefficient (Wildman–Crippen LogP) is 2.05. The monoisotopic (exact) mass is 245 g/mol. The summed E-state index contributed by atoms with van der Waals surface area (Å²) in [5.41, 5.74) is -0.580. The molecule has 0 aliphatic rings. The first-order valence-electron chi connectivity index (χ1n) is 5.63. The molecule has 0 unspecified atom stereocenters. The van der Waals surface area contributed by atoms with Crippen molar-refractivity contribution in [2.75, 3.05) is 14.2 Å². The second kappa shape index (κ2) is 5.89. The van der Waals surface area contributed by atoms with Crippen molar-refractivity contribution in [2.24, 2.45) is 5.92 Å². The Hall–Kier alpha value is -1.26. The molecule has 0 spiro atoms. The molecule has 0 heterocycles. The number of methoxy groups -OCH3 is 1. The maximum absolute atomic E-state index is 11.8. The summed E-state index contributed by atoms with van der Waals surface area (Å²) in [6.45, 7) is 9.04. The Labute approximate surface area is 103 Å². The lowest BCUT2D eigenvalue weighted by molar-refractivity contribution is -0.148. The molecule has 0 aromatic heterocycles. The van der Waals surface area contributed by atoms with Crippen LogP contribution >= 0.6 is 0 Å². The highest BCUT2D eigenvalue weighted by Crippen LogP contribution is 2.15. The van der Waals surface area contributed by atoms with Gasteiger partial charge in [0.25, 0.3) is 0 Å². The van der Waals surface area contributed by atoms with E-state index in [1.54, 1.807) is 20.8 Å². The zero-order valence-electron chi connectivity index (χ0n) is 11.7. The van der Waals surface area contributed by atoms with Crippen LogP contribution in [0.25, 0.3) is 0 Å². The summed E-state index contributed by atoms with van der Waals surface area (Å²) in [5.74, 6) is -0.478. The Bertz CT molecular complexity index is 281. The Balaban J connectivity index is 4.79. The van der Waals surface area contributed by atoms with Gasteiger partial charge in [-0.05, 0) is 26.7 Å². The Morgan fingerprint density at radius 1 is 1.18 bits per heavy atom. The van der Waals surface area contributed by atoms with Gasteiger partial charge in [0, 0.05) is 7.05 Å². The minimum Gasteiger partial charge on any atom is -0.467 e. The van der Waals surface area contributed by atoms with Crippen molar-refractivity contribution in [2.45, 2.75) is 46.3 Å². The van der Waals surface area contributed by atoms with E-state index in [0.29, 0.717) is 0 Å². The van der Waals surface area contributed by atoms with E-state index in [2.05, 4.69) is 4.74 Å². The number of likely N-dealkylation sites (N-methyl/N-ethyl adjacent to an activating group) is 1. The highest BCUT2D eigenvalue weighted by atomic mass is 16.6. The molecule has 0 N–H and O–H groups in total. The fourth-order valence-electron chi connectivity index (χ4n) is 1.45. The SMILES string of the molecule is COC(=O)[C@@H](C(C)C)N(C)C(=O)OC(C)(C)C. The van der Waals surface area contributed by atoms with Crippen molar-refractivity contribution in [3.63, 3.8) is 0 Å². The number of hydrogen-bond donors (Lipinski definition) is 0. The average Bonchev–Trinajstić information content (AvgIpc) is 2.14. The van der Waals surface area contributed by atoms with Gasteiger partial charge >= 0.3 is 12.1 Å². The summed E-state index contributed by atoms with van der Waals surface area (Å²) in [6, 6.07) is -0.630. The number of rotatable bonds is 3. The van der Waals surface area contributed by atoms with Crippen LogP contribution in [0.3, 0.4) is 0 Å². The van der Waals surface area contributed by atoms with Gasteiger partial charge in [-0.1, -0.05) is 13.8 Å². The first-order valence-corrected chi connectivity index (χ1v) is 5.63. The summed E-state index contributed by atoms with van der Waals surface area (Å²) < 4.78 is 9.89. The van der Waals surface area contributed by atoms with Gasteiger partial charge in [-0.3, -0.25) is 4.90 Å². The Kier molecular flexibility index (Phi) is 5.45. The van der Waals surface area contributed by atoms with Gasteiger partial charge in [-0.15, -0.1) is 0 Å². The summed E-state index contributed by atoms with van der Waals surface area (Å²) in [5, 5.41) is 0. The van der Waals surface area contributed by atoms with Crippen molar-refractivity contribution < 1.29 is 19.1 Å². The minimum absolute atomic E-state index is 0.0417. The van der Waals surface area contributed by atoms with E-state index in [-0.39, 0.29) is 5.92 Å². The number of nitrogens with zero attached hydrogens (tertiary/aromatic N) is 1. The van der Waals surface area contributed by atoms with E-state index >= 15 is 0 Å². The van der Waals surface area contributed by atoms with Crippen LogP contribution in [0.2, 0.25) is 0 Å². The smallest absolute Gasteiger partial charge is 0.410 e. The van der Waals surface area contributed by atoms with Crippen molar-refractivity contribution in [3.05, 3.63) is 0 Å². The molecule has 0 rings (SSSR count). The molecule has 1 amide bonds. The highest BCUT2D eigenvalue weighted by Gasteiger charge is 2.33. The van der Waals surface area contributed by atoms with Crippen LogP contribution < -0.4 is 0 Å². The van der Waals surface area contributed by atoms with E-state index in [1.165, 1.54) is 19.1 Å². The highest BCUT2D eigenvalue weighted by molar-refractivity contribution is 5.81. The first kappa shape index (κ1) is 15.7. The van der Waals surface area contributed by atoms with Crippen LogP contribution in [0.5, 0.6) is 0 Å². The zero-order valence-corrected chi connectivity index (χ0v) is 11.7. The van der Waals surface area contributed by atoms with Crippen LogP contribution in [0.1, 0.15) is 34.6 Å². The molecule has 0 bridgehead atoms. The zero-order chi connectivity index (χ0) is 13.8. The number of esters is 1. The summed E-state index contributed by atoms with van der Waals surface area (Å²) in [7, 11) is 2.84.